The normalized spacial score (nSPS) is 10.1. The lowest BCUT2D eigenvalue weighted by Crippen LogP contribution is -2.13. The second-order valence-corrected chi connectivity index (χ2v) is 3.72. The van der Waals surface area contributed by atoms with E-state index in [1.54, 1.807) is 31.2 Å². The molecule has 0 unspecified atom stereocenters. The molecule has 2 aromatic rings. The van der Waals surface area contributed by atoms with Gasteiger partial charge in [0.25, 0.3) is 5.91 Å². The third-order valence-corrected chi connectivity index (χ3v) is 2.50. The van der Waals surface area contributed by atoms with Crippen LogP contribution in [0.2, 0.25) is 5.02 Å². The Hall–Kier alpha value is -1.81. The molecule has 16 heavy (non-hydrogen) atoms. The number of hydrogen-bond acceptors (Lipinski definition) is 2. The molecular formula is C11H10ClN3O. The van der Waals surface area contributed by atoms with Gasteiger partial charge in [-0.3, -0.25) is 4.79 Å². The van der Waals surface area contributed by atoms with E-state index in [2.05, 4.69) is 15.3 Å². The summed E-state index contributed by atoms with van der Waals surface area (Å²) in [5.41, 5.74) is 1.68. The van der Waals surface area contributed by atoms with E-state index >= 15 is 0 Å². The summed E-state index contributed by atoms with van der Waals surface area (Å²) in [5, 5.41) is 3.20. The first-order valence-electron chi connectivity index (χ1n) is 4.74. The molecule has 1 heterocycles. The average Bonchev–Trinajstić information content (AvgIpc) is 2.68. The van der Waals surface area contributed by atoms with Crippen molar-refractivity contribution in [2.45, 2.75) is 6.92 Å². The fraction of sp³-hybridized carbons (Fsp3) is 0.0909. The number of rotatable bonds is 2. The number of anilines is 1. The van der Waals surface area contributed by atoms with Crippen LogP contribution >= 0.6 is 11.6 Å². The molecule has 0 atom stereocenters. The van der Waals surface area contributed by atoms with Gasteiger partial charge in [0.15, 0.2) is 0 Å². The maximum absolute atomic E-state index is 11.8. The number of aromatic nitrogens is 2. The van der Waals surface area contributed by atoms with Crippen LogP contribution in [0.4, 0.5) is 5.69 Å². The van der Waals surface area contributed by atoms with Crippen LogP contribution in [0.5, 0.6) is 0 Å². The van der Waals surface area contributed by atoms with E-state index in [1.807, 2.05) is 0 Å². The number of aryl methyl sites for hydroxylation is 1. The third-order valence-electron chi connectivity index (χ3n) is 2.17. The van der Waals surface area contributed by atoms with Crippen molar-refractivity contribution in [3.8, 4) is 0 Å². The standard InChI is InChI=1S/C11H10ClN3O/c1-7-10(14-6-13-7)11(16)15-9-5-3-2-4-8(9)12/h2-6H,1H3,(H,13,14)(H,15,16). The number of H-pyrrole nitrogens is 1. The predicted octanol–water partition coefficient (Wildman–Crippen LogP) is 2.62. The molecular weight excluding hydrogens is 226 g/mol. The van der Waals surface area contributed by atoms with Crippen LogP contribution in [-0.2, 0) is 0 Å². The van der Waals surface area contributed by atoms with Crippen LogP contribution in [0.1, 0.15) is 16.2 Å². The summed E-state index contributed by atoms with van der Waals surface area (Å²) in [6, 6.07) is 7.06. The van der Waals surface area contributed by atoms with Gasteiger partial charge in [0.2, 0.25) is 0 Å². The summed E-state index contributed by atoms with van der Waals surface area (Å²) in [4.78, 5) is 18.6. The number of imidazole rings is 1. The lowest BCUT2D eigenvalue weighted by Gasteiger charge is -2.05. The van der Waals surface area contributed by atoms with Gasteiger partial charge < -0.3 is 10.3 Å². The minimum absolute atomic E-state index is 0.271. The molecule has 0 fully saturated rings. The maximum Gasteiger partial charge on any atom is 0.276 e. The molecule has 0 saturated carbocycles. The Bertz CT molecular complexity index is 521. The number of benzene rings is 1. The number of para-hydroxylation sites is 1. The van der Waals surface area contributed by atoms with Crippen molar-refractivity contribution in [1.82, 2.24) is 9.97 Å². The highest BCUT2D eigenvalue weighted by atomic mass is 35.5. The molecule has 0 saturated heterocycles. The number of amides is 1. The summed E-state index contributed by atoms with van der Waals surface area (Å²) < 4.78 is 0. The van der Waals surface area contributed by atoms with Crippen molar-refractivity contribution >= 4 is 23.2 Å². The molecule has 0 radical (unpaired) electrons. The molecule has 2 N–H and O–H groups in total. The lowest BCUT2D eigenvalue weighted by atomic mass is 10.3. The fourth-order valence-corrected chi connectivity index (χ4v) is 1.51. The third kappa shape index (κ3) is 2.06. The van der Waals surface area contributed by atoms with Gasteiger partial charge in [0.05, 0.1) is 17.0 Å². The molecule has 0 aliphatic heterocycles. The number of nitrogens with zero attached hydrogens (tertiary/aromatic N) is 1. The van der Waals surface area contributed by atoms with Crippen molar-refractivity contribution in [3.05, 3.63) is 47.0 Å². The molecule has 0 aliphatic carbocycles. The molecule has 1 aromatic carbocycles. The maximum atomic E-state index is 11.8. The first kappa shape index (κ1) is 10.7. The number of carbonyl (C=O) groups excluding carboxylic acids is 1. The lowest BCUT2D eigenvalue weighted by molar-refractivity contribution is 0.102. The fourth-order valence-electron chi connectivity index (χ4n) is 1.33. The summed E-state index contributed by atoms with van der Waals surface area (Å²) in [6.45, 7) is 1.79. The molecule has 2 rings (SSSR count). The van der Waals surface area contributed by atoms with Crippen LogP contribution in [0, 0.1) is 6.92 Å². The highest BCUT2D eigenvalue weighted by Gasteiger charge is 2.12. The quantitative estimate of drug-likeness (QED) is 0.841. The van der Waals surface area contributed by atoms with Gasteiger partial charge >= 0.3 is 0 Å². The highest BCUT2D eigenvalue weighted by molar-refractivity contribution is 6.33. The highest BCUT2D eigenvalue weighted by Crippen LogP contribution is 2.21. The first-order chi connectivity index (χ1) is 7.68. The molecule has 5 heteroatoms. The van der Waals surface area contributed by atoms with Crippen molar-refractivity contribution < 1.29 is 4.79 Å². The minimum Gasteiger partial charge on any atom is -0.348 e. The summed E-state index contributed by atoms with van der Waals surface area (Å²) in [6.07, 6.45) is 1.48. The first-order valence-corrected chi connectivity index (χ1v) is 5.12. The van der Waals surface area contributed by atoms with E-state index in [4.69, 9.17) is 11.6 Å². The molecule has 0 aliphatic rings. The zero-order valence-electron chi connectivity index (χ0n) is 8.62. The van der Waals surface area contributed by atoms with Crippen LogP contribution in [-0.4, -0.2) is 15.9 Å². The minimum atomic E-state index is -0.271. The Morgan fingerprint density at radius 2 is 2.19 bits per heavy atom. The van der Waals surface area contributed by atoms with E-state index in [1.165, 1.54) is 6.33 Å². The number of nitrogens with one attached hydrogen (secondary N) is 2. The Kier molecular flexibility index (Phi) is 2.92. The Morgan fingerprint density at radius 1 is 1.44 bits per heavy atom. The van der Waals surface area contributed by atoms with E-state index in [9.17, 15) is 4.79 Å². The Morgan fingerprint density at radius 3 is 2.81 bits per heavy atom. The second-order valence-electron chi connectivity index (χ2n) is 3.31. The number of hydrogen-bond donors (Lipinski definition) is 2. The summed E-state index contributed by atoms with van der Waals surface area (Å²) in [7, 11) is 0. The average molecular weight is 236 g/mol. The van der Waals surface area contributed by atoms with Crippen molar-refractivity contribution in [3.63, 3.8) is 0 Å². The van der Waals surface area contributed by atoms with E-state index < -0.39 is 0 Å². The summed E-state index contributed by atoms with van der Waals surface area (Å²) >= 11 is 5.93. The number of aromatic amines is 1. The van der Waals surface area contributed by atoms with E-state index in [0.29, 0.717) is 16.4 Å². The van der Waals surface area contributed by atoms with Crippen molar-refractivity contribution in [2.75, 3.05) is 5.32 Å². The molecule has 0 spiro atoms. The van der Waals surface area contributed by atoms with Crippen LogP contribution < -0.4 is 5.32 Å². The summed E-state index contributed by atoms with van der Waals surface area (Å²) in [5.74, 6) is -0.271. The zero-order valence-corrected chi connectivity index (χ0v) is 9.38. The Labute approximate surface area is 97.7 Å². The van der Waals surface area contributed by atoms with Gasteiger partial charge in [-0.25, -0.2) is 4.98 Å². The molecule has 1 aromatic heterocycles. The number of halogens is 1. The van der Waals surface area contributed by atoms with Gasteiger partial charge in [0.1, 0.15) is 5.69 Å². The van der Waals surface area contributed by atoms with Crippen LogP contribution in [0.3, 0.4) is 0 Å². The van der Waals surface area contributed by atoms with E-state index in [-0.39, 0.29) is 5.91 Å². The van der Waals surface area contributed by atoms with Gasteiger partial charge in [-0.05, 0) is 19.1 Å². The van der Waals surface area contributed by atoms with E-state index in [0.717, 1.165) is 5.69 Å². The topological polar surface area (TPSA) is 57.8 Å². The SMILES string of the molecule is Cc1[nH]cnc1C(=O)Nc1ccccc1Cl. The van der Waals surface area contributed by atoms with Gasteiger partial charge in [0, 0.05) is 5.69 Å². The van der Waals surface area contributed by atoms with Crippen molar-refractivity contribution in [2.24, 2.45) is 0 Å². The molecule has 82 valence electrons. The molecule has 0 bridgehead atoms. The number of carbonyl (C=O) groups is 1. The van der Waals surface area contributed by atoms with Crippen molar-refractivity contribution in [1.29, 1.82) is 0 Å². The Balaban J connectivity index is 2.21. The van der Waals surface area contributed by atoms with Gasteiger partial charge in [-0.15, -0.1) is 0 Å². The van der Waals surface area contributed by atoms with Gasteiger partial charge in [-0.2, -0.15) is 0 Å². The monoisotopic (exact) mass is 235 g/mol. The van der Waals surface area contributed by atoms with Crippen LogP contribution in [0.25, 0.3) is 0 Å². The van der Waals surface area contributed by atoms with Crippen LogP contribution in [0.15, 0.2) is 30.6 Å². The molecule has 4 nitrogen and oxygen atoms in total. The second kappa shape index (κ2) is 4.37. The largest absolute Gasteiger partial charge is 0.348 e. The zero-order chi connectivity index (χ0) is 11.5. The molecule has 1 amide bonds. The predicted molar refractivity (Wildman–Crippen MR) is 62.7 cm³/mol. The van der Waals surface area contributed by atoms with Gasteiger partial charge in [-0.1, -0.05) is 23.7 Å². The smallest absolute Gasteiger partial charge is 0.276 e.